The summed E-state index contributed by atoms with van der Waals surface area (Å²) in [5.41, 5.74) is 5.57. The molecule has 2 aliphatic carbocycles. The predicted molar refractivity (Wildman–Crippen MR) is 75.7 cm³/mol. The zero-order valence-corrected chi connectivity index (χ0v) is 12.5. The number of hydrogen-bond acceptors (Lipinski definition) is 3. The van der Waals surface area contributed by atoms with E-state index in [2.05, 4.69) is 12.2 Å². The van der Waals surface area contributed by atoms with Crippen LogP contribution in [0.15, 0.2) is 0 Å². The normalized spacial score (nSPS) is 31.2. The zero-order valence-electron chi connectivity index (χ0n) is 12.5. The maximum Gasteiger partial charge on any atom is 0.240 e. The lowest BCUT2D eigenvalue weighted by molar-refractivity contribution is -0.177. The van der Waals surface area contributed by atoms with Crippen LogP contribution in [-0.2, 0) is 9.53 Å². The van der Waals surface area contributed by atoms with Crippen molar-refractivity contribution < 1.29 is 9.53 Å². The van der Waals surface area contributed by atoms with E-state index in [0.29, 0.717) is 6.10 Å². The van der Waals surface area contributed by atoms with Crippen LogP contribution in [0.2, 0.25) is 0 Å². The third-order valence-electron chi connectivity index (χ3n) is 5.03. The molecule has 1 spiro atoms. The van der Waals surface area contributed by atoms with Gasteiger partial charge in [-0.2, -0.15) is 0 Å². The van der Waals surface area contributed by atoms with E-state index in [1.807, 2.05) is 13.8 Å². The first-order valence-corrected chi connectivity index (χ1v) is 7.67. The lowest BCUT2D eigenvalue weighted by atomic mass is 9.51. The van der Waals surface area contributed by atoms with E-state index in [1.165, 1.54) is 19.3 Å². The van der Waals surface area contributed by atoms with Crippen LogP contribution in [0.3, 0.4) is 0 Å². The summed E-state index contributed by atoms with van der Waals surface area (Å²) in [7, 11) is 0. The molecule has 2 fully saturated rings. The Balaban J connectivity index is 1.92. The van der Waals surface area contributed by atoms with Crippen molar-refractivity contribution in [2.45, 2.75) is 77.0 Å². The van der Waals surface area contributed by atoms with Crippen molar-refractivity contribution in [1.29, 1.82) is 0 Å². The minimum atomic E-state index is -0.740. The number of hydrogen-bond donors (Lipinski definition) is 2. The summed E-state index contributed by atoms with van der Waals surface area (Å²) in [6.07, 6.45) is 6.56. The van der Waals surface area contributed by atoms with Gasteiger partial charge < -0.3 is 15.8 Å². The third-order valence-corrected chi connectivity index (χ3v) is 5.03. The van der Waals surface area contributed by atoms with Gasteiger partial charge in [0, 0.05) is 18.1 Å². The molecular formula is C15H28N2O2. The Bertz CT molecular complexity index is 337. The standard InChI is InChI=1S/C15H28N2O2/c1-4-7-14(3,16)13(18)17-11-10-12(19-5-2)15(11)8-6-9-15/h11-12H,4-10,16H2,1-3H3,(H,17,18). The molecule has 4 nitrogen and oxygen atoms in total. The minimum Gasteiger partial charge on any atom is -0.378 e. The molecule has 0 aromatic carbocycles. The van der Waals surface area contributed by atoms with Crippen LogP contribution in [0.25, 0.3) is 0 Å². The van der Waals surface area contributed by atoms with E-state index in [-0.39, 0.29) is 17.4 Å². The highest BCUT2D eigenvalue weighted by atomic mass is 16.5. The summed E-state index contributed by atoms with van der Waals surface area (Å²) in [4.78, 5) is 12.3. The molecule has 2 rings (SSSR count). The maximum atomic E-state index is 12.3. The fourth-order valence-corrected chi connectivity index (χ4v) is 3.60. The van der Waals surface area contributed by atoms with Crippen molar-refractivity contribution in [3.8, 4) is 0 Å². The Kier molecular flexibility index (Phi) is 4.21. The molecule has 3 N–H and O–H groups in total. The van der Waals surface area contributed by atoms with Gasteiger partial charge in [0.05, 0.1) is 11.6 Å². The molecule has 4 heteroatoms. The molecule has 0 heterocycles. The zero-order chi connectivity index (χ0) is 14.1. The Hall–Kier alpha value is -0.610. The van der Waals surface area contributed by atoms with Crippen LogP contribution >= 0.6 is 0 Å². The summed E-state index contributed by atoms with van der Waals surface area (Å²) >= 11 is 0. The Morgan fingerprint density at radius 1 is 1.47 bits per heavy atom. The van der Waals surface area contributed by atoms with E-state index < -0.39 is 5.54 Å². The molecule has 3 atom stereocenters. The minimum absolute atomic E-state index is 0.000531. The molecule has 3 unspecified atom stereocenters. The van der Waals surface area contributed by atoms with Gasteiger partial charge in [0.15, 0.2) is 0 Å². The monoisotopic (exact) mass is 268 g/mol. The van der Waals surface area contributed by atoms with Gasteiger partial charge in [0.25, 0.3) is 0 Å². The Morgan fingerprint density at radius 2 is 2.16 bits per heavy atom. The van der Waals surface area contributed by atoms with Crippen molar-refractivity contribution in [1.82, 2.24) is 5.32 Å². The van der Waals surface area contributed by atoms with Crippen molar-refractivity contribution in [3.63, 3.8) is 0 Å². The lowest BCUT2D eigenvalue weighted by Crippen LogP contribution is -2.69. The van der Waals surface area contributed by atoms with Gasteiger partial charge in [-0.15, -0.1) is 0 Å². The number of nitrogens with one attached hydrogen (secondary N) is 1. The van der Waals surface area contributed by atoms with E-state index >= 15 is 0 Å². The summed E-state index contributed by atoms with van der Waals surface area (Å²) in [6, 6.07) is 0.269. The second kappa shape index (κ2) is 5.41. The van der Waals surface area contributed by atoms with Crippen molar-refractivity contribution in [2.24, 2.45) is 11.1 Å². The summed E-state index contributed by atoms with van der Waals surface area (Å²) < 4.78 is 5.80. The lowest BCUT2D eigenvalue weighted by Gasteiger charge is -2.61. The number of amides is 1. The van der Waals surface area contributed by atoms with Crippen LogP contribution in [0.5, 0.6) is 0 Å². The SMILES string of the molecule is CCCC(C)(N)C(=O)NC1CC(OCC)C12CCC2. The Labute approximate surface area is 116 Å². The van der Waals surface area contributed by atoms with Gasteiger partial charge in [0.1, 0.15) is 0 Å². The summed E-state index contributed by atoms with van der Waals surface area (Å²) in [5, 5.41) is 3.18. The highest BCUT2D eigenvalue weighted by molar-refractivity contribution is 5.86. The van der Waals surface area contributed by atoms with E-state index in [9.17, 15) is 4.79 Å². The van der Waals surface area contributed by atoms with Gasteiger partial charge in [-0.3, -0.25) is 4.79 Å². The molecule has 0 aromatic heterocycles. The molecule has 2 saturated carbocycles. The third kappa shape index (κ3) is 2.52. The number of nitrogens with two attached hydrogens (primary N) is 1. The predicted octanol–water partition coefficient (Wildman–Crippen LogP) is 1.97. The van der Waals surface area contributed by atoms with E-state index in [0.717, 1.165) is 25.9 Å². The fraction of sp³-hybridized carbons (Fsp3) is 0.933. The average molecular weight is 268 g/mol. The van der Waals surface area contributed by atoms with E-state index in [4.69, 9.17) is 10.5 Å². The van der Waals surface area contributed by atoms with Crippen LogP contribution in [0, 0.1) is 5.41 Å². The average Bonchev–Trinajstić information content (AvgIpc) is 2.24. The van der Waals surface area contributed by atoms with Crippen LogP contribution < -0.4 is 11.1 Å². The quantitative estimate of drug-likeness (QED) is 0.774. The largest absolute Gasteiger partial charge is 0.378 e. The molecule has 2 aliphatic rings. The van der Waals surface area contributed by atoms with Gasteiger partial charge in [-0.1, -0.05) is 19.8 Å². The highest BCUT2D eigenvalue weighted by Gasteiger charge is 2.59. The number of rotatable bonds is 6. The van der Waals surface area contributed by atoms with E-state index in [1.54, 1.807) is 0 Å². The van der Waals surface area contributed by atoms with Crippen LogP contribution in [0.1, 0.15) is 59.3 Å². The molecule has 0 bridgehead atoms. The fourth-order valence-electron chi connectivity index (χ4n) is 3.60. The highest BCUT2D eigenvalue weighted by Crippen LogP contribution is 2.57. The second-order valence-electron chi connectivity index (χ2n) is 6.46. The molecule has 0 radical (unpaired) electrons. The summed E-state index contributed by atoms with van der Waals surface area (Å²) in [5.74, 6) is 0.000531. The first-order chi connectivity index (χ1) is 8.96. The van der Waals surface area contributed by atoms with Gasteiger partial charge in [-0.25, -0.2) is 0 Å². The van der Waals surface area contributed by atoms with Crippen molar-refractivity contribution >= 4 is 5.91 Å². The summed E-state index contributed by atoms with van der Waals surface area (Å²) in [6.45, 7) is 6.69. The molecule has 110 valence electrons. The molecule has 19 heavy (non-hydrogen) atoms. The van der Waals surface area contributed by atoms with Gasteiger partial charge >= 0.3 is 0 Å². The first-order valence-electron chi connectivity index (χ1n) is 7.67. The first kappa shape index (κ1) is 14.8. The molecule has 0 aromatic rings. The molecule has 0 saturated heterocycles. The second-order valence-corrected chi connectivity index (χ2v) is 6.46. The van der Waals surface area contributed by atoms with Crippen LogP contribution in [-0.4, -0.2) is 30.2 Å². The number of carbonyl (C=O) groups excluding carboxylic acids is 1. The number of carbonyl (C=O) groups is 1. The smallest absolute Gasteiger partial charge is 0.240 e. The van der Waals surface area contributed by atoms with Crippen molar-refractivity contribution in [3.05, 3.63) is 0 Å². The molecule has 0 aliphatic heterocycles. The Morgan fingerprint density at radius 3 is 2.63 bits per heavy atom. The van der Waals surface area contributed by atoms with Gasteiger partial charge in [-0.05, 0) is 39.5 Å². The van der Waals surface area contributed by atoms with Crippen LogP contribution in [0.4, 0.5) is 0 Å². The molecule has 1 amide bonds. The number of ether oxygens (including phenoxy) is 1. The maximum absolute atomic E-state index is 12.3. The van der Waals surface area contributed by atoms with Gasteiger partial charge in [0.2, 0.25) is 5.91 Å². The van der Waals surface area contributed by atoms with Crippen molar-refractivity contribution in [2.75, 3.05) is 6.61 Å². The topological polar surface area (TPSA) is 64.4 Å². The molecular weight excluding hydrogens is 240 g/mol.